The topological polar surface area (TPSA) is 60.4 Å². The van der Waals surface area contributed by atoms with Crippen LogP contribution in [0.2, 0.25) is 0 Å². The van der Waals surface area contributed by atoms with E-state index in [4.69, 9.17) is 9.73 Å². The maximum absolute atomic E-state index is 11.4. The van der Waals surface area contributed by atoms with Crippen molar-refractivity contribution in [2.75, 3.05) is 60.0 Å². The van der Waals surface area contributed by atoms with Gasteiger partial charge in [-0.3, -0.25) is 14.7 Å². The third-order valence-electron chi connectivity index (χ3n) is 4.77. The molecule has 1 amide bonds. The number of aliphatic imine (C=N–C) groups is 1. The van der Waals surface area contributed by atoms with E-state index < -0.39 is 0 Å². The molecule has 7 heteroatoms. The molecule has 27 heavy (non-hydrogen) atoms. The molecule has 1 aromatic carbocycles. The van der Waals surface area contributed by atoms with Crippen molar-refractivity contribution in [2.24, 2.45) is 4.99 Å². The Kier molecular flexibility index (Phi) is 8.39. The molecule has 1 heterocycles. The van der Waals surface area contributed by atoms with Crippen LogP contribution < -0.4 is 10.1 Å². The molecule has 0 saturated carbocycles. The second-order valence-electron chi connectivity index (χ2n) is 6.79. The van der Waals surface area contributed by atoms with Gasteiger partial charge in [0.1, 0.15) is 5.75 Å². The lowest BCUT2D eigenvalue weighted by Crippen LogP contribution is -2.48. The van der Waals surface area contributed by atoms with Crippen LogP contribution in [0.25, 0.3) is 0 Å². The minimum absolute atomic E-state index is 0.169. The highest BCUT2D eigenvalue weighted by Gasteiger charge is 2.18. The van der Waals surface area contributed by atoms with Gasteiger partial charge in [0.05, 0.1) is 13.7 Å². The number of piperazine rings is 1. The van der Waals surface area contributed by atoms with Gasteiger partial charge >= 0.3 is 0 Å². The number of benzene rings is 1. The highest BCUT2D eigenvalue weighted by Crippen LogP contribution is 2.12. The molecule has 2 rings (SSSR count). The quantitative estimate of drug-likeness (QED) is 0.574. The number of carbonyl (C=O) groups excluding carboxylic acids is 1. The normalized spacial score (nSPS) is 15.6. The van der Waals surface area contributed by atoms with Crippen LogP contribution in [-0.4, -0.2) is 86.5 Å². The number of rotatable bonds is 7. The second-order valence-corrected chi connectivity index (χ2v) is 6.79. The average Bonchev–Trinajstić information content (AvgIpc) is 2.68. The smallest absolute Gasteiger partial charge is 0.219 e. The first-order chi connectivity index (χ1) is 13.0. The monoisotopic (exact) mass is 375 g/mol. The predicted octanol–water partition coefficient (Wildman–Crippen LogP) is 1.26. The Hall–Kier alpha value is -2.28. The van der Waals surface area contributed by atoms with Crippen molar-refractivity contribution in [3.05, 3.63) is 29.8 Å². The predicted molar refractivity (Wildman–Crippen MR) is 109 cm³/mol. The number of hydrogen-bond acceptors (Lipinski definition) is 4. The molecule has 0 aliphatic carbocycles. The highest BCUT2D eigenvalue weighted by molar-refractivity contribution is 5.79. The van der Waals surface area contributed by atoms with Crippen molar-refractivity contribution >= 4 is 11.9 Å². The highest BCUT2D eigenvalue weighted by atomic mass is 16.5. The molecule has 0 aromatic heterocycles. The van der Waals surface area contributed by atoms with Gasteiger partial charge in [-0.2, -0.15) is 0 Å². The summed E-state index contributed by atoms with van der Waals surface area (Å²) >= 11 is 0. The summed E-state index contributed by atoms with van der Waals surface area (Å²) in [6.07, 6.45) is 0. The van der Waals surface area contributed by atoms with Crippen LogP contribution in [0.4, 0.5) is 0 Å². The molecule has 0 bridgehead atoms. The zero-order valence-electron chi connectivity index (χ0n) is 17.1. The molecule has 0 spiro atoms. The molecule has 0 unspecified atom stereocenters. The third kappa shape index (κ3) is 6.75. The van der Waals surface area contributed by atoms with Gasteiger partial charge < -0.3 is 19.9 Å². The molecular weight excluding hydrogens is 342 g/mol. The van der Waals surface area contributed by atoms with E-state index in [1.54, 1.807) is 14.0 Å². The van der Waals surface area contributed by atoms with Gasteiger partial charge in [0.25, 0.3) is 0 Å². The van der Waals surface area contributed by atoms with E-state index in [1.165, 1.54) is 5.56 Å². The lowest BCUT2D eigenvalue weighted by Gasteiger charge is -2.33. The Morgan fingerprint density at radius 3 is 2.44 bits per heavy atom. The van der Waals surface area contributed by atoms with Gasteiger partial charge in [0, 0.05) is 59.8 Å². The Bertz CT molecular complexity index is 609. The molecule has 150 valence electrons. The summed E-state index contributed by atoms with van der Waals surface area (Å²) in [5, 5.41) is 3.36. The fourth-order valence-electron chi connectivity index (χ4n) is 3.13. The van der Waals surface area contributed by atoms with E-state index in [9.17, 15) is 4.79 Å². The molecule has 7 nitrogen and oxygen atoms in total. The molecular formula is C20H33N5O2. The number of nitrogens with zero attached hydrogens (tertiary/aromatic N) is 4. The van der Waals surface area contributed by atoms with Crippen molar-refractivity contribution in [3.8, 4) is 5.75 Å². The Morgan fingerprint density at radius 1 is 1.22 bits per heavy atom. The molecule has 1 aromatic rings. The van der Waals surface area contributed by atoms with Gasteiger partial charge in [-0.1, -0.05) is 12.1 Å². The maximum Gasteiger partial charge on any atom is 0.219 e. The molecule has 1 fully saturated rings. The van der Waals surface area contributed by atoms with E-state index in [-0.39, 0.29) is 5.91 Å². The zero-order valence-corrected chi connectivity index (χ0v) is 17.1. The Morgan fingerprint density at radius 2 is 1.89 bits per heavy atom. The fraction of sp³-hybridized carbons (Fsp3) is 0.600. The number of nitrogens with one attached hydrogen (secondary N) is 1. The first-order valence-electron chi connectivity index (χ1n) is 9.63. The minimum Gasteiger partial charge on any atom is -0.497 e. The van der Waals surface area contributed by atoms with Crippen LogP contribution >= 0.6 is 0 Å². The Balaban J connectivity index is 1.84. The number of guanidine groups is 1. The van der Waals surface area contributed by atoms with Crippen LogP contribution in [0, 0.1) is 0 Å². The summed E-state index contributed by atoms with van der Waals surface area (Å²) < 4.78 is 5.21. The molecule has 1 aliphatic rings. The summed E-state index contributed by atoms with van der Waals surface area (Å²) in [5.74, 6) is 1.95. The van der Waals surface area contributed by atoms with Crippen molar-refractivity contribution in [2.45, 2.75) is 20.4 Å². The molecule has 0 radical (unpaired) electrons. The molecule has 1 aliphatic heterocycles. The van der Waals surface area contributed by atoms with E-state index in [2.05, 4.69) is 41.2 Å². The number of carbonyl (C=O) groups is 1. The standard InChI is InChI=1S/C20H33N5O2/c1-5-21-20(23(3)16-18-6-8-19(27-4)9-7-18)22-10-11-24-12-14-25(15-13-24)17(2)26/h6-9H,5,10-16H2,1-4H3,(H,21,22). The van der Waals surface area contributed by atoms with Crippen molar-refractivity contribution < 1.29 is 9.53 Å². The van der Waals surface area contributed by atoms with Gasteiger partial charge in [0.15, 0.2) is 5.96 Å². The summed E-state index contributed by atoms with van der Waals surface area (Å²) in [4.78, 5) is 22.6. The number of methoxy groups -OCH3 is 1. The third-order valence-corrected chi connectivity index (χ3v) is 4.77. The van der Waals surface area contributed by atoms with E-state index in [0.717, 1.165) is 64.1 Å². The second kappa shape index (κ2) is 10.8. The summed E-state index contributed by atoms with van der Waals surface area (Å²) in [6.45, 7) is 10.5. The summed E-state index contributed by atoms with van der Waals surface area (Å²) in [5.41, 5.74) is 1.21. The van der Waals surface area contributed by atoms with E-state index in [1.807, 2.05) is 17.0 Å². The van der Waals surface area contributed by atoms with Crippen molar-refractivity contribution in [1.29, 1.82) is 0 Å². The van der Waals surface area contributed by atoms with Gasteiger partial charge in [-0.05, 0) is 24.6 Å². The van der Waals surface area contributed by atoms with Crippen LogP contribution in [0.3, 0.4) is 0 Å². The maximum atomic E-state index is 11.4. The van der Waals surface area contributed by atoms with Gasteiger partial charge in [-0.25, -0.2) is 0 Å². The van der Waals surface area contributed by atoms with E-state index >= 15 is 0 Å². The molecule has 1 N–H and O–H groups in total. The minimum atomic E-state index is 0.169. The zero-order chi connectivity index (χ0) is 19.6. The molecule has 0 atom stereocenters. The number of hydrogen-bond donors (Lipinski definition) is 1. The van der Waals surface area contributed by atoms with Crippen LogP contribution in [-0.2, 0) is 11.3 Å². The number of amides is 1. The SMILES string of the molecule is CCNC(=NCCN1CCN(C(C)=O)CC1)N(C)Cc1ccc(OC)cc1. The average molecular weight is 376 g/mol. The van der Waals surface area contributed by atoms with Crippen LogP contribution in [0.1, 0.15) is 19.4 Å². The first-order valence-corrected chi connectivity index (χ1v) is 9.63. The lowest BCUT2D eigenvalue weighted by atomic mass is 10.2. The van der Waals surface area contributed by atoms with E-state index in [0.29, 0.717) is 0 Å². The Labute approximate surface area is 163 Å². The van der Waals surface area contributed by atoms with Crippen LogP contribution in [0.15, 0.2) is 29.3 Å². The van der Waals surface area contributed by atoms with Crippen molar-refractivity contribution in [1.82, 2.24) is 20.0 Å². The first kappa shape index (κ1) is 21.0. The van der Waals surface area contributed by atoms with Gasteiger partial charge in [0.2, 0.25) is 5.91 Å². The largest absolute Gasteiger partial charge is 0.497 e. The number of ether oxygens (including phenoxy) is 1. The fourth-order valence-corrected chi connectivity index (χ4v) is 3.13. The molecule has 1 saturated heterocycles. The summed E-state index contributed by atoms with van der Waals surface area (Å²) in [6, 6.07) is 8.11. The summed E-state index contributed by atoms with van der Waals surface area (Å²) in [7, 11) is 3.73. The van der Waals surface area contributed by atoms with Crippen molar-refractivity contribution in [3.63, 3.8) is 0 Å². The van der Waals surface area contributed by atoms with Gasteiger partial charge in [-0.15, -0.1) is 0 Å². The lowest BCUT2D eigenvalue weighted by molar-refractivity contribution is -0.130. The van der Waals surface area contributed by atoms with Crippen LogP contribution in [0.5, 0.6) is 5.75 Å².